The van der Waals surface area contributed by atoms with Gasteiger partial charge in [-0.2, -0.15) is 0 Å². The van der Waals surface area contributed by atoms with E-state index < -0.39 is 6.10 Å². The molecular weight excluding hydrogens is 280 g/mol. The molecule has 0 aliphatic carbocycles. The molecule has 1 rings (SSSR count). The van der Waals surface area contributed by atoms with Gasteiger partial charge in [0.2, 0.25) is 5.91 Å². The Hall–Kier alpha value is -1.59. The van der Waals surface area contributed by atoms with Crippen LogP contribution >= 0.6 is 0 Å². The fourth-order valence-corrected chi connectivity index (χ4v) is 1.97. The average molecular weight is 308 g/mol. The van der Waals surface area contributed by atoms with Gasteiger partial charge in [0.25, 0.3) is 0 Å². The van der Waals surface area contributed by atoms with Crippen molar-refractivity contribution in [3.05, 3.63) is 29.8 Å². The summed E-state index contributed by atoms with van der Waals surface area (Å²) in [6, 6.07) is 7.60. The molecule has 0 fully saturated rings. The van der Waals surface area contributed by atoms with Crippen LogP contribution in [0.3, 0.4) is 0 Å². The molecule has 0 radical (unpaired) electrons. The van der Waals surface area contributed by atoms with E-state index in [1.54, 1.807) is 14.0 Å². The van der Waals surface area contributed by atoms with E-state index in [0.717, 1.165) is 24.2 Å². The van der Waals surface area contributed by atoms with E-state index in [-0.39, 0.29) is 11.4 Å². The first-order valence-corrected chi connectivity index (χ1v) is 7.75. The quantitative estimate of drug-likeness (QED) is 0.734. The zero-order valence-electron chi connectivity index (χ0n) is 14.0. The Balaban J connectivity index is 2.44. The zero-order chi connectivity index (χ0) is 16.6. The number of methoxy groups -OCH3 is 1. The fraction of sp³-hybridized carbons (Fsp3) is 0.588. The molecule has 5 nitrogen and oxygen atoms in total. The minimum absolute atomic E-state index is 0.139. The molecule has 0 saturated heterocycles. The smallest absolute Gasteiger partial charge is 0.248 e. The Kier molecular flexibility index (Phi) is 7.35. The number of rotatable bonds is 9. The van der Waals surface area contributed by atoms with Crippen molar-refractivity contribution in [3.63, 3.8) is 0 Å². The van der Waals surface area contributed by atoms with E-state index in [9.17, 15) is 4.79 Å². The molecule has 0 aromatic heterocycles. The Morgan fingerprint density at radius 1 is 1.36 bits per heavy atom. The predicted octanol–water partition coefficient (Wildman–Crippen LogP) is 2.23. The Morgan fingerprint density at radius 3 is 2.64 bits per heavy atom. The summed E-state index contributed by atoms with van der Waals surface area (Å²) in [5.41, 5.74) is 6.79. The largest absolute Gasteiger partial charge is 0.497 e. The lowest BCUT2D eigenvalue weighted by molar-refractivity contribution is -0.132. The minimum atomic E-state index is -0.524. The molecule has 0 heterocycles. The van der Waals surface area contributed by atoms with Gasteiger partial charge in [-0.05, 0) is 37.5 Å². The number of carbonyl (C=O) groups excluding carboxylic acids is 1. The van der Waals surface area contributed by atoms with Gasteiger partial charge < -0.3 is 20.5 Å². The van der Waals surface area contributed by atoms with E-state index in [0.29, 0.717) is 13.2 Å². The molecule has 1 atom stereocenters. The summed E-state index contributed by atoms with van der Waals surface area (Å²) in [6.45, 7) is 6.62. The molecule has 0 aliphatic rings. The molecule has 124 valence electrons. The van der Waals surface area contributed by atoms with Crippen LogP contribution in [0.15, 0.2) is 24.3 Å². The number of hydrogen-bond acceptors (Lipinski definition) is 4. The van der Waals surface area contributed by atoms with Crippen molar-refractivity contribution < 1.29 is 14.3 Å². The van der Waals surface area contributed by atoms with Gasteiger partial charge in [0.15, 0.2) is 0 Å². The molecule has 1 amide bonds. The van der Waals surface area contributed by atoms with E-state index in [1.807, 2.05) is 38.1 Å². The number of benzene rings is 1. The van der Waals surface area contributed by atoms with Gasteiger partial charge in [-0.15, -0.1) is 0 Å². The normalized spacial score (nSPS) is 12.8. The van der Waals surface area contributed by atoms with Crippen LogP contribution in [-0.4, -0.2) is 31.2 Å². The minimum Gasteiger partial charge on any atom is -0.497 e. The zero-order valence-corrected chi connectivity index (χ0v) is 14.0. The lowest BCUT2D eigenvalue weighted by Crippen LogP contribution is -2.51. The van der Waals surface area contributed by atoms with Crippen molar-refractivity contribution in [1.29, 1.82) is 0 Å². The molecule has 22 heavy (non-hydrogen) atoms. The van der Waals surface area contributed by atoms with Crippen LogP contribution in [0.4, 0.5) is 0 Å². The lowest BCUT2D eigenvalue weighted by atomic mass is 9.94. The number of hydrogen-bond donors (Lipinski definition) is 2. The summed E-state index contributed by atoms with van der Waals surface area (Å²) in [4.78, 5) is 12.0. The molecule has 1 unspecified atom stereocenters. The molecule has 0 aliphatic heterocycles. The predicted molar refractivity (Wildman–Crippen MR) is 87.8 cm³/mol. The second-order valence-corrected chi connectivity index (χ2v) is 5.59. The molecule has 0 spiro atoms. The van der Waals surface area contributed by atoms with Gasteiger partial charge in [-0.1, -0.05) is 26.0 Å². The van der Waals surface area contributed by atoms with Gasteiger partial charge in [0, 0.05) is 12.1 Å². The summed E-state index contributed by atoms with van der Waals surface area (Å²) in [6.07, 6.45) is 1.12. The van der Waals surface area contributed by atoms with Crippen molar-refractivity contribution in [2.45, 2.75) is 51.9 Å². The van der Waals surface area contributed by atoms with Crippen LogP contribution in [0, 0.1) is 0 Å². The van der Waals surface area contributed by atoms with Gasteiger partial charge in [-0.3, -0.25) is 4.79 Å². The van der Waals surface area contributed by atoms with Gasteiger partial charge in [-0.25, -0.2) is 0 Å². The molecule has 3 N–H and O–H groups in total. The first kappa shape index (κ1) is 18.5. The Morgan fingerprint density at radius 2 is 2.05 bits per heavy atom. The van der Waals surface area contributed by atoms with Gasteiger partial charge in [0.1, 0.15) is 11.9 Å². The highest BCUT2D eigenvalue weighted by molar-refractivity contribution is 5.80. The van der Waals surface area contributed by atoms with Crippen LogP contribution in [-0.2, 0) is 16.1 Å². The topological polar surface area (TPSA) is 73.6 Å². The molecule has 5 heteroatoms. The number of nitrogens with two attached hydrogens (primary N) is 1. The van der Waals surface area contributed by atoms with E-state index >= 15 is 0 Å². The second kappa shape index (κ2) is 8.76. The van der Waals surface area contributed by atoms with Crippen molar-refractivity contribution >= 4 is 5.91 Å². The number of carbonyl (C=O) groups is 1. The first-order chi connectivity index (χ1) is 10.4. The van der Waals surface area contributed by atoms with Crippen LogP contribution in [0.5, 0.6) is 5.75 Å². The maximum Gasteiger partial charge on any atom is 0.248 e. The highest BCUT2D eigenvalue weighted by Gasteiger charge is 2.22. The Bertz CT molecular complexity index is 473. The summed E-state index contributed by atoms with van der Waals surface area (Å²) in [7, 11) is 1.62. The second-order valence-electron chi connectivity index (χ2n) is 5.59. The van der Waals surface area contributed by atoms with Crippen molar-refractivity contribution in [1.82, 2.24) is 5.32 Å². The fourth-order valence-electron chi connectivity index (χ4n) is 1.97. The van der Waals surface area contributed by atoms with Crippen LogP contribution in [0.1, 0.15) is 39.2 Å². The molecule has 0 bridgehead atoms. The molecule has 1 aromatic rings. The number of ether oxygens (including phenoxy) is 2. The van der Waals surface area contributed by atoms with Crippen LogP contribution in [0.25, 0.3) is 0 Å². The van der Waals surface area contributed by atoms with Crippen LogP contribution < -0.4 is 15.8 Å². The molecular formula is C17H28N2O3. The average Bonchev–Trinajstić information content (AvgIpc) is 2.57. The Labute approximate surface area is 133 Å². The van der Waals surface area contributed by atoms with E-state index in [1.165, 1.54) is 0 Å². The maximum absolute atomic E-state index is 12.0. The van der Waals surface area contributed by atoms with Crippen LogP contribution in [0.2, 0.25) is 0 Å². The molecule has 0 saturated carbocycles. The molecule has 1 aromatic carbocycles. The maximum atomic E-state index is 12.0. The number of amides is 1. The summed E-state index contributed by atoms with van der Waals surface area (Å²) in [5.74, 6) is 0.636. The van der Waals surface area contributed by atoms with Crippen molar-refractivity contribution in [2.24, 2.45) is 5.73 Å². The summed E-state index contributed by atoms with van der Waals surface area (Å²) in [5, 5.41) is 2.87. The van der Waals surface area contributed by atoms with E-state index in [2.05, 4.69) is 5.32 Å². The van der Waals surface area contributed by atoms with E-state index in [4.69, 9.17) is 15.2 Å². The van der Waals surface area contributed by atoms with Gasteiger partial charge >= 0.3 is 0 Å². The summed E-state index contributed by atoms with van der Waals surface area (Å²) >= 11 is 0. The third kappa shape index (κ3) is 5.66. The highest BCUT2D eigenvalue weighted by Crippen LogP contribution is 2.14. The highest BCUT2D eigenvalue weighted by atomic mass is 16.5. The van der Waals surface area contributed by atoms with Crippen molar-refractivity contribution in [3.8, 4) is 5.75 Å². The summed E-state index contributed by atoms with van der Waals surface area (Å²) < 4.78 is 10.8. The standard InChI is InChI=1S/C17H28N2O3/c1-5-17(18,6-2)12-19-16(20)13(3)22-11-14-8-7-9-15(10-14)21-4/h7-10,13H,5-6,11-12,18H2,1-4H3,(H,19,20). The third-order valence-electron chi connectivity index (χ3n) is 4.03. The van der Waals surface area contributed by atoms with Crippen molar-refractivity contribution in [2.75, 3.05) is 13.7 Å². The lowest BCUT2D eigenvalue weighted by Gasteiger charge is -2.27. The monoisotopic (exact) mass is 308 g/mol. The van der Waals surface area contributed by atoms with Gasteiger partial charge in [0.05, 0.1) is 13.7 Å². The SMILES string of the molecule is CCC(N)(CC)CNC(=O)C(C)OCc1cccc(OC)c1. The first-order valence-electron chi connectivity index (χ1n) is 7.75. The number of nitrogens with one attached hydrogen (secondary N) is 1. The third-order valence-corrected chi connectivity index (χ3v) is 4.03.